The van der Waals surface area contributed by atoms with Crippen LogP contribution >= 0.6 is 0 Å². The molecule has 7 atom stereocenters. The number of methoxy groups -OCH3 is 1. The van der Waals surface area contributed by atoms with Crippen molar-refractivity contribution in [3.05, 3.63) is 69.8 Å². The van der Waals surface area contributed by atoms with Gasteiger partial charge in [0.1, 0.15) is 29.0 Å². The van der Waals surface area contributed by atoms with Crippen molar-refractivity contribution < 1.29 is 53.8 Å². The van der Waals surface area contributed by atoms with Crippen molar-refractivity contribution in [2.75, 3.05) is 7.11 Å². The Morgan fingerprint density at radius 2 is 1.92 bits per heavy atom. The first-order chi connectivity index (χ1) is 22.7. The van der Waals surface area contributed by atoms with Gasteiger partial charge in [0.2, 0.25) is 11.7 Å². The zero-order valence-corrected chi connectivity index (χ0v) is 26.4. The minimum Gasteiger partial charge on any atom is -0.507 e. The highest BCUT2D eigenvalue weighted by Gasteiger charge is 2.49. The average molecular weight is 665 g/mol. The highest BCUT2D eigenvalue weighted by Crippen LogP contribution is 2.52. The highest BCUT2D eigenvalue weighted by molar-refractivity contribution is 6.31. The van der Waals surface area contributed by atoms with Crippen LogP contribution in [0.2, 0.25) is 0 Å². The number of fused-ring (bicyclic) bond motifs is 3. The number of imidazole rings is 1. The maximum Gasteiger partial charge on any atom is 0.237 e. The molecule has 3 aromatic rings. The molecule has 2 heterocycles. The third-order valence-electron chi connectivity index (χ3n) is 9.41. The monoisotopic (exact) mass is 664 g/mol. The van der Waals surface area contributed by atoms with E-state index in [0.717, 1.165) is 6.92 Å². The molecular weight excluding hydrogens is 628 g/mol. The van der Waals surface area contributed by atoms with Crippen LogP contribution in [-0.2, 0) is 31.9 Å². The molecular formula is C33H36N4O11. The van der Waals surface area contributed by atoms with E-state index in [1.165, 1.54) is 37.8 Å². The first-order valence-electron chi connectivity index (χ1n) is 15.4. The number of benzene rings is 2. The summed E-state index contributed by atoms with van der Waals surface area (Å²) >= 11 is 0. The molecule has 0 saturated carbocycles. The van der Waals surface area contributed by atoms with Crippen LogP contribution in [0.5, 0.6) is 17.2 Å². The summed E-state index contributed by atoms with van der Waals surface area (Å²) in [5.74, 6) is -4.01. The predicted molar refractivity (Wildman–Crippen MR) is 165 cm³/mol. The standard InChI is InChI=1S/C33H36N4O11/c1-13-27(39)19(37-32(44)18(34)7-15-11-35-12-36-15)8-22(47-13)48-21-10-33(45,14(2)38)9-17-24(21)31(43)26-25(29(17)41)28(40)16-5-4-6-20(46-3)23(16)30(26)42/h4-6,11-13,18-19,21-22,27,39,41,43,45H,7-10,34H2,1-3H3,(H,35,36)(H,37,44)/t13?,18-,19?,21-,22?,27?,33-/m0/s1. The minimum absolute atomic E-state index is 0.0486. The SMILES string of the molecule is COc1cccc2c1C(=O)c1c(O)c3c(c(O)c1C2=O)C[C@@](O)(C(C)=O)C[C@@H]3OC1CC(NC(=O)[C@@H](N)Cc2cnc[nH]2)C(O)C(C)O1. The molecule has 2 aromatic carbocycles. The van der Waals surface area contributed by atoms with Crippen LogP contribution in [-0.4, -0.2) is 96.9 Å². The molecule has 3 aliphatic rings. The van der Waals surface area contributed by atoms with Crippen molar-refractivity contribution >= 4 is 23.3 Å². The van der Waals surface area contributed by atoms with Gasteiger partial charge < -0.3 is 50.7 Å². The van der Waals surface area contributed by atoms with Crippen LogP contribution in [0.3, 0.4) is 0 Å². The van der Waals surface area contributed by atoms with Gasteiger partial charge in [-0.1, -0.05) is 12.1 Å². The summed E-state index contributed by atoms with van der Waals surface area (Å²) in [5.41, 5.74) is 3.29. The summed E-state index contributed by atoms with van der Waals surface area (Å²) in [5, 5.41) is 48.2. The zero-order valence-electron chi connectivity index (χ0n) is 26.4. The molecule has 4 unspecified atom stereocenters. The lowest BCUT2D eigenvalue weighted by Crippen LogP contribution is -2.58. The topological polar surface area (TPSA) is 244 Å². The Kier molecular flexibility index (Phi) is 8.59. The number of Topliss-reactive ketones (excluding diaryl/α,β-unsaturated/α-hetero) is 1. The van der Waals surface area contributed by atoms with E-state index < -0.39 is 101 Å². The lowest BCUT2D eigenvalue weighted by atomic mass is 9.72. The maximum absolute atomic E-state index is 13.8. The average Bonchev–Trinajstić information content (AvgIpc) is 3.56. The van der Waals surface area contributed by atoms with Gasteiger partial charge in [-0.2, -0.15) is 0 Å². The van der Waals surface area contributed by atoms with E-state index in [9.17, 15) is 39.6 Å². The lowest BCUT2D eigenvalue weighted by molar-refractivity contribution is -0.249. The molecule has 6 rings (SSSR count). The van der Waals surface area contributed by atoms with Gasteiger partial charge in [-0.25, -0.2) is 4.98 Å². The van der Waals surface area contributed by atoms with Gasteiger partial charge in [0, 0.05) is 54.3 Å². The summed E-state index contributed by atoms with van der Waals surface area (Å²) in [6.45, 7) is 2.71. The Bertz CT molecular complexity index is 1810. The van der Waals surface area contributed by atoms with Crippen LogP contribution < -0.4 is 15.8 Å². The fraction of sp³-hybridized carbons (Fsp3) is 0.424. The Morgan fingerprint density at radius 1 is 1.19 bits per heavy atom. The molecule has 0 bridgehead atoms. The number of nitrogens with two attached hydrogens (primary N) is 1. The van der Waals surface area contributed by atoms with Crippen molar-refractivity contribution in [3.63, 3.8) is 0 Å². The Labute approximate surface area is 274 Å². The molecule has 1 amide bonds. The fourth-order valence-corrected chi connectivity index (χ4v) is 6.78. The van der Waals surface area contributed by atoms with Gasteiger partial charge in [0.05, 0.1) is 54.4 Å². The number of ketones is 3. The number of hydrogen-bond acceptors (Lipinski definition) is 13. The number of amides is 1. The number of H-pyrrole nitrogens is 1. The number of aliphatic hydroxyl groups excluding tert-OH is 1. The number of aromatic amines is 1. The van der Waals surface area contributed by atoms with Gasteiger partial charge in [0.15, 0.2) is 17.9 Å². The Balaban J connectivity index is 1.35. The van der Waals surface area contributed by atoms with E-state index in [2.05, 4.69) is 15.3 Å². The minimum atomic E-state index is -2.09. The molecule has 1 aromatic heterocycles. The molecule has 1 fully saturated rings. The molecule has 0 radical (unpaired) electrons. The largest absolute Gasteiger partial charge is 0.507 e. The van der Waals surface area contributed by atoms with Crippen LogP contribution in [0.4, 0.5) is 0 Å². The molecule has 15 heteroatoms. The first-order valence-corrected chi connectivity index (χ1v) is 15.4. The summed E-state index contributed by atoms with van der Waals surface area (Å²) in [6, 6.07) is 2.51. The Morgan fingerprint density at radius 3 is 2.58 bits per heavy atom. The van der Waals surface area contributed by atoms with E-state index in [1.54, 1.807) is 6.92 Å². The van der Waals surface area contributed by atoms with Gasteiger partial charge in [-0.05, 0) is 19.9 Å². The van der Waals surface area contributed by atoms with Crippen molar-refractivity contribution in [1.29, 1.82) is 0 Å². The van der Waals surface area contributed by atoms with E-state index in [1.807, 2.05) is 0 Å². The summed E-state index contributed by atoms with van der Waals surface area (Å²) in [4.78, 5) is 60.0. The van der Waals surface area contributed by atoms with Gasteiger partial charge in [-0.15, -0.1) is 0 Å². The predicted octanol–water partition coefficient (Wildman–Crippen LogP) is 0.480. The molecule has 15 nitrogen and oxygen atoms in total. The quantitative estimate of drug-likeness (QED) is 0.127. The zero-order chi connectivity index (χ0) is 34.7. The van der Waals surface area contributed by atoms with Gasteiger partial charge in [0.25, 0.3) is 0 Å². The second-order valence-electron chi connectivity index (χ2n) is 12.5. The normalized spacial score (nSPS) is 27.0. The number of nitrogens with one attached hydrogen (secondary N) is 2. The first kappa shape index (κ1) is 33.2. The van der Waals surface area contributed by atoms with E-state index in [4.69, 9.17) is 19.9 Å². The molecule has 8 N–H and O–H groups in total. The summed E-state index contributed by atoms with van der Waals surface area (Å²) in [6.07, 6.45) is -2.42. The van der Waals surface area contributed by atoms with Crippen LogP contribution in [0.25, 0.3) is 0 Å². The number of carbonyl (C=O) groups is 4. The third kappa shape index (κ3) is 5.52. The Hall–Kier alpha value is -4.67. The van der Waals surface area contributed by atoms with E-state index >= 15 is 0 Å². The van der Waals surface area contributed by atoms with Crippen molar-refractivity contribution in [2.45, 2.75) is 81.8 Å². The molecule has 48 heavy (non-hydrogen) atoms. The van der Waals surface area contributed by atoms with E-state index in [-0.39, 0.29) is 40.8 Å². The molecule has 0 spiro atoms. The molecule has 1 aliphatic heterocycles. The second kappa shape index (κ2) is 12.4. The number of nitrogens with zero attached hydrogens (tertiary/aromatic N) is 1. The fourth-order valence-electron chi connectivity index (χ4n) is 6.78. The van der Waals surface area contributed by atoms with E-state index in [0.29, 0.717) is 5.69 Å². The van der Waals surface area contributed by atoms with Crippen molar-refractivity contribution in [2.24, 2.45) is 5.73 Å². The molecule has 254 valence electrons. The number of rotatable bonds is 8. The number of aliphatic hydroxyl groups is 2. The maximum atomic E-state index is 13.8. The molecule has 2 aliphatic carbocycles. The lowest BCUT2D eigenvalue weighted by Gasteiger charge is -2.43. The summed E-state index contributed by atoms with van der Waals surface area (Å²) < 4.78 is 17.4. The van der Waals surface area contributed by atoms with Crippen molar-refractivity contribution in [3.8, 4) is 17.2 Å². The number of phenolic OH excluding ortho intramolecular Hbond substituents is 2. The van der Waals surface area contributed by atoms with Crippen LogP contribution in [0.15, 0.2) is 30.7 Å². The van der Waals surface area contributed by atoms with Gasteiger partial charge in [-0.3, -0.25) is 19.2 Å². The number of carbonyl (C=O) groups excluding carboxylic acids is 4. The number of hydrogen-bond donors (Lipinski definition) is 7. The third-order valence-corrected chi connectivity index (χ3v) is 9.41. The number of aromatic nitrogens is 2. The molecule has 1 saturated heterocycles. The van der Waals surface area contributed by atoms with Crippen LogP contribution in [0, 0.1) is 0 Å². The number of ether oxygens (including phenoxy) is 3. The van der Waals surface area contributed by atoms with Crippen molar-refractivity contribution in [1.82, 2.24) is 15.3 Å². The highest BCUT2D eigenvalue weighted by atomic mass is 16.7. The smallest absolute Gasteiger partial charge is 0.237 e. The van der Waals surface area contributed by atoms with Gasteiger partial charge >= 0.3 is 0 Å². The number of aromatic hydroxyl groups is 2. The second-order valence-corrected chi connectivity index (χ2v) is 12.5. The number of phenols is 2. The summed E-state index contributed by atoms with van der Waals surface area (Å²) in [7, 11) is 1.32. The van der Waals surface area contributed by atoms with Crippen LogP contribution in [0.1, 0.15) is 81.5 Å².